The SMILES string of the molecule is c1cnc2c(n1)Nc1cc(C3NNNN3)ccc1S2. The van der Waals surface area contributed by atoms with Crippen molar-refractivity contribution in [3.05, 3.63) is 36.2 Å². The van der Waals surface area contributed by atoms with Crippen LogP contribution in [0.2, 0.25) is 0 Å². The van der Waals surface area contributed by atoms with Gasteiger partial charge >= 0.3 is 0 Å². The fourth-order valence-corrected chi connectivity index (χ4v) is 2.93. The topological polar surface area (TPSA) is 85.9 Å². The van der Waals surface area contributed by atoms with Crippen molar-refractivity contribution < 1.29 is 0 Å². The molecule has 96 valence electrons. The fraction of sp³-hybridized carbons (Fsp3) is 0.0909. The summed E-state index contributed by atoms with van der Waals surface area (Å²) in [6.07, 6.45) is 3.42. The van der Waals surface area contributed by atoms with E-state index in [1.165, 1.54) is 0 Å². The third-order valence-electron chi connectivity index (χ3n) is 2.96. The first-order valence-corrected chi connectivity index (χ1v) is 6.63. The maximum Gasteiger partial charge on any atom is 0.163 e. The van der Waals surface area contributed by atoms with E-state index in [4.69, 9.17) is 0 Å². The minimum Gasteiger partial charge on any atom is -0.337 e. The smallest absolute Gasteiger partial charge is 0.163 e. The van der Waals surface area contributed by atoms with Crippen molar-refractivity contribution in [2.75, 3.05) is 5.32 Å². The van der Waals surface area contributed by atoms with Crippen LogP contribution in [0.25, 0.3) is 0 Å². The van der Waals surface area contributed by atoms with Crippen molar-refractivity contribution in [1.29, 1.82) is 0 Å². The summed E-state index contributed by atoms with van der Waals surface area (Å²) in [6, 6.07) is 6.26. The predicted molar refractivity (Wildman–Crippen MR) is 71.2 cm³/mol. The summed E-state index contributed by atoms with van der Waals surface area (Å²) in [5, 5.41) is 4.22. The van der Waals surface area contributed by atoms with Crippen LogP contribution >= 0.6 is 11.8 Å². The lowest BCUT2D eigenvalue weighted by Gasteiger charge is -2.20. The normalized spacial score (nSPS) is 17.7. The predicted octanol–water partition coefficient (Wildman–Crippen LogP) is 0.800. The highest BCUT2D eigenvalue weighted by molar-refractivity contribution is 7.99. The van der Waals surface area contributed by atoms with Gasteiger partial charge in [-0.1, -0.05) is 17.8 Å². The van der Waals surface area contributed by atoms with Gasteiger partial charge in [0, 0.05) is 17.3 Å². The van der Waals surface area contributed by atoms with E-state index < -0.39 is 0 Å². The average Bonchev–Trinajstić information content (AvgIpc) is 2.98. The monoisotopic (exact) mass is 273 g/mol. The van der Waals surface area contributed by atoms with E-state index in [-0.39, 0.29) is 6.17 Å². The van der Waals surface area contributed by atoms with E-state index >= 15 is 0 Å². The van der Waals surface area contributed by atoms with Gasteiger partial charge in [0.15, 0.2) is 5.82 Å². The summed E-state index contributed by atoms with van der Waals surface area (Å²) < 4.78 is 0. The Morgan fingerprint density at radius 3 is 2.79 bits per heavy atom. The Hall–Kier alpha value is -1.71. The number of fused-ring (bicyclic) bond motifs is 2. The van der Waals surface area contributed by atoms with Gasteiger partial charge in [0.2, 0.25) is 0 Å². The molecule has 2 aliphatic heterocycles. The third kappa shape index (κ3) is 1.95. The Labute approximate surface area is 113 Å². The van der Waals surface area contributed by atoms with Gasteiger partial charge in [-0.2, -0.15) is 11.1 Å². The molecule has 0 saturated carbocycles. The molecule has 4 rings (SSSR count). The van der Waals surface area contributed by atoms with E-state index in [2.05, 4.69) is 55.4 Å². The number of nitrogens with zero attached hydrogens (tertiary/aromatic N) is 2. The van der Waals surface area contributed by atoms with Crippen LogP contribution in [0.3, 0.4) is 0 Å². The molecule has 5 N–H and O–H groups in total. The van der Waals surface area contributed by atoms with Crippen LogP contribution in [0.4, 0.5) is 11.5 Å². The van der Waals surface area contributed by atoms with Crippen LogP contribution in [0, 0.1) is 0 Å². The molecular weight excluding hydrogens is 262 g/mol. The molecule has 0 atom stereocenters. The lowest BCUT2D eigenvalue weighted by molar-refractivity contribution is 0.554. The molecule has 8 heteroatoms. The van der Waals surface area contributed by atoms with Crippen molar-refractivity contribution in [3.63, 3.8) is 0 Å². The van der Waals surface area contributed by atoms with Crippen LogP contribution in [0.1, 0.15) is 11.7 Å². The number of rotatable bonds is 1. The van der Waals surface area contributed by atoms with Crippen molar-refractivity contribution in [3.8, 4) is 0 Å². The molecule has 2 aromatic rings. The zero-order valence-corrected chi connectivity index (χ0v) is 10.6. The van der Waals surface area contributed by atoms with E-state index in [0.717, 1.165) is 27.0 Å². The molecule has 2 aliphatic rings. The maximum atomic E-state index is 4.31. The summed E-state index contributed by atoms with van der Waals surface area (Å²) in [4.78, 5) is 9.75. The first-order valence-electron chi connectivity index (χ1n) is 5.81. The molecule has 1 aromatic heterocycles. The Morgan fingerprint density at radius 1 is 1.05 bits per heavy atom. The van der Waals surface area contributed by atoms with Gasteiger partial charge in [-0.15, -0.1) is 0 Å². The van der Waals surface area contributed by atoms with E-state index in [9.17, 15) is 0 Å². The second-order valence-electron chi connectivity index (χ2n) is 4.16. The summed E-state index contributed by atoms with van der Waals surface area (Å²) in [6.45, 7) is 0. The summed E-state index contributed by atoms with van der Waals surface area (Å²) in [5.74, 6) is 0.806. The van der Waals surface area contributed by atoms with E-state index in [1.54, 1.807) is 24.2 Å². The molecule has 1 aromatic carbocycles. The van der Waals surface area contributed by atoms with Crippen LogP contribution in [-0.4, -0.2) is 9.97 Å². The summed E-state index contributed by atoms with van der Waals surface area (Å²) >= 11 is 1.63. The number of hydrazine groups is 3. The Bertz CT molecular complexity index is 626. The second kappa shape index (κ2) is 4.44. The largest absolute Gasteiger partial charge is 0.337 e. The van der Waals surface area contributed by atoms with Gasteiger partial charge in [0.1, 0.15) is 11.2 Å². The molecule has 0 aliphatic carbocycles. The van der Waals surface area contributed by atoms with Gasteiger partial charge in [-0.3, -0.25) is 0 Å². The Kier molecular flexibility index (Phi) is 2.60. The molecule has 0 radical (unpaired) electrons. The zero-order chi connectivity index (χ0) is 12.7. The Morgan fingerprint density at radius 2 is 1.89 bits per heavy atom. The van der Waals surface area contributed by atoms with Crippen molar-refractivity contribution in [2.24, 2.45) is 0 Å². The number of hydrogen-bond acceptors (Lipinski definition) is 8. The molecule has 0 unspecified atom stereocenters. The molecule has 0 amide bonds. The molecule has 7 nitrogen and oxygen atoms in total. The first-order chi connectivity index (χ1) is 9.40. The lowest BCUT2D eigenvalue weighted by Crippen LogP contribution is -2.33. The highest BCUT2D eigenvalue weighted by Crippen LogP contribution is 2.42. The van der Waals surface area contributed by atoms with E-state index in [1.807, 2.05) is 0 Å². The first kappa shape index (κ1) is 11.1. The minimum atomic E-state index is 0.0281. The van der Waals surface area contributed by atoms with Crippen LogP contribution in [0.5, 0.6) is 0 Å². The van der Waals surface area contributed by atoms with Crippen LogP contribution < -0.4 is 27.2 Å². The number of hydrogen-bond donors (Lipinski definition) is 5. The molecule has 19 heavy (non-hydrogen) atoms. The van der Waals surface area contributed by atoms with E-state index in [0.29, 0.717) is 0 Å². The minimum absolute atomic E-state index is 0.0281. The number of aromatic nitrogens is 2. The molecule has 1 fully saturated rings. The van der Waals surface area contributed by atoms with Gasteiger partial charge in [-0.05, 0) is 17.7 Å². The van der Waals surface area contributed by atoms with Crippen molar-refractivity contribution in [2.45, 2.75) is 16.1 Å². The molecule has 0 spiro atoms. The van der Waals surface area contributed by atoms with Crippen LogP contribution in [0.15, 0.2) is 40.5 Å². The number of benzene rings is 1. The lowest BCUT2D eigenvalue weighted by atomic mass is 10.1. The highest BCUT2D eigenvalue weighted by Gasteiger charge is 2.21. The van der Waals surface area contributed by atoms with Crippen molar-refractivity contribution >= 4 is 23.3 Å². The fourth-order valence-electron chi connectivity index (χ4n) is 2.05. The highest BCUT2D eigenvalue weighted by atomic mass is 32.2. The van der Waals surface area contributed by atoms with Gasteiger partial charge < -0.3 is 5.32 Å². The summed E-state index contributed by atoms with van der Waals surface area (Å²) in [5.41, 5.74) is 13.9. The number of anilines is 2. The number of nitrogens with one attached hydrogen (secondary N) is 5. The van der Waals surface area contributed by atoms with Gasteiger partial charge in [0.25, 0.3) is 0 Å². The average molecular weight is 273 g/mol. The van der Waals surface area contributed by atoms with Gasteiger partial charge in [0.05, 0.1) is 5.69 Å². The zero-order valence-electron chi connectivity index (χ0n) is 9.77. The molecular formula is C11H11N7S. The standard InChI is InChI=1S/C11H11N7S/c1-2-8-7(5-6(1)9-15-17-18-16-9)14-10-11(19-8)13-4-3-12-10/h1-5,9,15-18H,(H,12,14). The maximum absolute atomic E-state index is 4.31. The molecule has 1 saturated heterocycles. The third-order valence-corrected chi connectivity index (χ3v) is 4.02. The molecule has 3 heterocycles. The molecule has 0 bridgehead atoms. The van der Waals surface area contributed by atoms with Gasteiger partial charge in [-0.25, -0.2) is 20.8 Å². The Balaban J connectivity index is 1.70. The summed E-state index contributed by atoms with van der Waals surface area (Å²) in [7, 11) is 0. The van der Waals surface area contributed by atoms with Crippen LogP contribution in [-0.2, 0) is 0 Å². The quantitative estimate of drug-likeness (QED) is 0.445. The van der Waals surface area contributed by atoms with Crippen molar-refractivity contribution in [1.82, 2.24) is 31.9 Å². The second-order valence-corrected chi connectivity index (χ2v) is 5.20.